The number of halogens is 3. The van der Waals surface area contributed by atoms with Crippen molar-refractivity contribution in [1.29, 1.82) is 0 Å². The lowest BCUT2D eigenvalue weighted by molar-refractivity contribution is -0.185. The van der Waals surface area contributed by atoms with Crippen LogP contribution in [0.3, 0.4) is 0 Å². The molecule has 2 aliphatic rings. The Bertz CT molecular complexity index is 619. The predicted molar refractivity (Wildman–Crippen MR) is 77.1 cm³/mol. The number of fused-ring (bicyclic) bond motifs is 1. The van der Waals surface area contributed by atoms with Crippen molar-refractivity contribution in [2.45, 2.75) is 31.9 Å². The number of hydrogen-bond donors (Lipinski definition) is 2. The number of nitrogen functional groups attached to an aromatic ring is 1. The third-order valence-corrected chi connectivity index (χ3v) is 4.31. The van der Waals surface area contributed by atoms with Crippen LogP contribution in [-0.2, 0) is 4.79 Å². The molecule has 3 N–H and O–H groups in total. The van der Waals surface area contributed by atoms with Gasteiger partial charge in [0.1, 0.15) is 0 Å². The van der Waals surface area contributed by atoms with Crippen LogP contribution in [-0.4, -0.2) is 18.9 Å². The summed E-state index contributed by atoms with van der Waals surface area (Å²) in [5.41, 5.74) is 6.45. The number of anilines is 2. The number of carbonyl (C=O) groups is 1. The van der Waals surface area contributed by atoms with Crippen molar-refractivity contribution in [1.82, 2.24) is 0 Å². The van der Waals surface area contributed by atoms with Crippen LogP contribution in [0.15, 0.2) is 12.1 Å². The summed E-state index contributed by atoms with van der Waals surface area (Å²) in [4.78, 5) is 12.3. The minimum absolute atomic E-state index is 0.0715. The summed E-state index contributed by atoms with van der Waals surface area (Å²) in [7, 11) is 0. The Morgan fingerprint density at radius 1 is 1.22 bits per heavy atom. The molecule has 0 bridgehead atoms. The van der Waals surface area contributed by atoms with E-state index in [0.29, 0.717) is 30.0 Å². The van der Waals surface area contributed by atoms with Gasteiger partial charge in [0.05, 0.1) is 17.3 Å². The van der Waals surface area contributed by atoms with Crippen LogP contribution in [0.4, 0.5) is 24.5 Å². The van der Waals surface area contributed by atoms with Crippen molar-refractivity contribution in [3.63, 3.8) is 0 Å². The molecule has 1 aromatic carbocycles. The van der Waals surface area contributed by atoms with Crippen molar-refractivity contribution in [3.8, 4) is 11.5 Å². The second kappa shape index (κ2) is 5.82. The molecule has 1 heterocycles. The Kier molecular flexibility index (Phi) is 3.99. The van der Waals surface area contributed by atoms with Gasteiger partial charge in [0.15, 0.2) is 11.5 Å². The number of nitrogens with two attached hydrogens (primary N) is 1. The fourth-order valence-corrected chi connectivity index (χ4v) is 3.03. The van der Waals surface area contributed by atoms with Gasteiger partial charge in [-0.05, 0) is 19.3 Å². The number of ether oxygens (including phenoxy) is 2. The first-order chi connectivity index (χ1) is 10.8. The van der Waals surface area contributed by atoms with Crippen molar-refractivity contribution >= 4 is 17.3 Å². The van der Waals surface area contributed by atoms with Gasteiger partial charge >= 0.3 is 6.18 Å². The first kappa shape index (κ1) is 15.8. The minimum Gasteiger partial charge on any atom is -0.454 e. The molecule has 0 aromatic heterocycles. The molecule has 0 saturated heterocycles. The smallest absolute Gasteiger partial charge is 0.391 e. The van der Waals surface area contributed by atoms with Gasteiger partial charge in [0.2, 0.25) is 12.7 Å². The SMILES string of the molecule is Nc1cc2c(cc1NC(=O)C1CCCC(C(F)(F)F)C1)OCO2. The van der Waals surface area contributed by atoms with Crippen molar-refractivity contribution < 1.29 is 27.4 Å². The molecule has 1 aromatic rings. The first-order valence-electron chi connectivity index (χ1n) is 7.41. The normalized spacial score (nSPS) is 23.6. The number of nitrogens with one attached hydrogen (secondary N) is 1. The van der Waals surface area contributed by atoms with E-state index in [4.69, 9.17) is 15.2 Å². The van der Waals surface area contributed by atoms with Gasteiger partial charge in [0.25, 0.3) is 0 Å². The lowest BCUT2D eigenvalue weighted by Crippen LogP contribution is -2.34. The number of amides is 1. The summed E-state index contributed by atoms with van der Waals surface area (Å²) in [6, 6.07) is 3.05. The topological polar surface area (TPSA) is 73.6 Å². The highest BCUT2D eigenvalue weighted by atomic mass is 19.4. The zero-order valence-corrected chi connectivity index (χ0v) is 12.3. The van der Waals surface area contributed by atoms with E-state index in [1.54, 1.807) is 0 Å². The second-order valence-electron chi connectivity index (χ2n) is 5.88. The van der Waals surface area contributed by atoms with Crippen LogP contribution in [0.2, 0.25) is 0 Å². The fraction of sp³-hybridized carbons (Fsp3) is 0.533. The van der Waals surface area contributed by atoms with Crippen LogP contribution >= 0.6 is 0 Å². The zero-order valence-electron chi connectivity index (χ0n) is 12.3. The first-order valence-corrected chi connectivity index (χ1v) is 7.41. The molecule has 23 heavy (non-hydrogen) atoms. The van der Waals surface area contributed by atoms with E-state index >= 15 is 0 Å². The monoisotopic (exact) mass is 330 g/mol. The standard InChI is InChI=1S/C15H17F3N2O3/c16-15(17,18)9-3-1-2-8(4-9)14(21)20-11-6-13-12(5-10(11)19)22-7-23-13/h5-6,8-9H,1-4,7,19H2,(H,20,21). The zero-order chi connectivity index (χ0) is 16.6. The van der Waals surface area contributed by atoms with Crippen molar-refractivity contribution in [2.24, 2.45) is 11.8 Å². The van der Waals surface area contributed by atoms with Gasteiger partial charge in [-0.3, -0.25) is 4.79 Å². The van der Waals surface area contributed by atoms with Gasteiger partial charge in [0, 0.05) is 18.1 Å². The van der Waals surface area contributed by atoms with Crippen LogP contribution in [0.1, 0.15) is 25.7 Å². The molecule has 1 aliphatic heterocycles. The van der Waals surface area contributed by atoms with Gasteiger partial charge in [-0.25, -0.2) is 0 Å². The average molecular weight is 330 g/mol. The highest BCUT2D eigenvalue weighted by Gasteiger charge is 2.43. The molecule has 126 valence electrons. The molecule has 0 spiro atoms. The minimum atomic E-state index is -4.25. The Hall–Kier alpha value is -2.12. The number of carbonyl (C=O) groups excluding carboxylic acids is 1. The van der Waals surface area contributed by atoms with E-state index in [1.165, 1.54) is 12.1 Å². The summed E-state index contributed by atoms with van der Waals surface area (Å²) >= 11 is 0. The molecular formula is C15H17F3N2O3. The van der Waals surface area contributed by atoms with Crippen molar-refractivity contribution in [2.75, 3.05) is 17.8 Å². The molecule has 1 saturated carbocycles. The Labute approximate surface area is 130 Å². The maximum Gasteiger partial charge on any atom is 0.391 e. The molecular weight excluding hydrogens is 313 g/mol. The third kappa shape index (κ3) is 3.30. The van der Waals surface area contributed by atoms with E-state index in [1.807, 2.05) is 0 Å². The molecule has 1 fully saturated rings. The van der Waals surface area contributed by atoms with E-state index < -0.39 is 23.9 Å². The summed E-state index contributed by atoms with van der Waals surface area (Å²) in [6.45, 7) is 0.0715. The molecule has 2 atom stereocenters. The molecule has 8 heteroatoms. The Balaban J connectivity index is 1.70. The highest BCUT2D eigenvalue weighted by molar-refractivity contribution is 5.96. The van der Waals surface area contributed by atoms with Crippen LogP contribution in [0.25, 0.3) is 0 Å². The Morgan fingerprint density at radius 2 is 1.91 bits per heavy atom. The van der Waals surface area contributed by atoms with Crippen LogP contribution in [0.5, 0.6) is 11.5 Å². The summed E-state index contributed by atoms with van der Waals surface area (Å²) in [6.07, 6.45) is -3.52. The van der Waals surface area contributed by atoms with Gasteiger partial charge in [-0.2, -0.15) is 13.2 Å². The number of alkyl halides is 3. The van der Waals surface area contributed by atoms with E-state index in [-0.39, 0.29) is 25.3 Å². The summed E-state index contributed by atoms with van der Waals surface area (Å²) < 4.78 is 48.9. The molecule has 3 rings (SSSR count). The van der Waals surface area contributed by atoms with Gasteiger partial charge in [-0.15, -0.1) is 0 Å². The lowest BCUT2D eigenvalue weighted by Gasteiger charge is -2.29. The van der Waals surface area contributed by atoms with Crippen molar-refractivity contribution in [3.05, 3.63) is 12.1 Å². The maximum absolute atomic E-state index is 12.8. The highest BCUT2D eigenvalue weighted by Crippen LogP contribution is 2.41. The van der Waals surface area contributed by atoms with Gasteiger partial charge in [-0.1, -0.05) is 6.42 Å². The van der Waals surface area contributed by atoms with E-state index in [9.17, 15) is 18.0 Å². The van der Waals surface area contributed by atoms with E-state index in [0.717, 1.165) is 0 Å². The predicted octanol–water partition coefficient (Wildman–Crippen LogP) is 3.30. The Morgan fingerprint density at radius 3 is 2.61 bits per heavy atom. The molecule has 1 amide bonds. The maximum atomic E-state index is 12.8. The number of hydrogen-bond acceptors (Lipinski definition) is 4. The molecule has 5 nitrogen and oxygen atoms in total. The third-order valence-electron chi connectivity index (χ3n) is 4.31. The largest absolute Gasteiger partial charge is 0.454 e. The van der Waals surface area contributed by atoms with Crippen LogP contribution in [0, 0.1) is 11.8 Å². The van der Waals surface area contributed by atoms with Gasteiger partial charge < -0.3 is 20.5 Å². The fourth-order valence-electron chi connectivity index (χ4n) is 3.03. The number of benzene rings is 1. The summed E-state index contributed by atoms with van der Waals surface area (Å²) in [5, 5.41) is 2.61. The second-order valence-corrected chi connectivity index (χ2v) is 5.88. The number of rotatable bonds is 2. The van der Waals surface area contributed by atoms with E-state index in [2.05, 4.69) is 5.32 Å². The molecule has 2 unspecified atom stereocenters. The molecule has 1 aliphatic carbocycles. The lowest BCUT2D eigenvalue weighted by atomic mass is 9.80. The quantitative estimate of drug-likeness (QED) is 0.816. The van der Waals surface area contributed by atoms with Crippen LogP contribution < -0.4 is 20.5 Å². The average Bonchev–Trinajstić information content (AvgIpc) is 2.94. The summed E-state index contributed by atoms with van der Waals surface area (Å²) in [5.74, 6) is -1.59. The molecule has 0 radical (unpaired) electrons.